The van der Waals surface area contributed by atoms with Crippen LogP contribution in [-0.4, -0.2) is 53.4 Å². The van der Waals surface area contributed by atoms with Crippen molar-refractivity contribution in [2.24, 2.45) is 0 Å². The lowest BCUT2D eigenvalue weighted by Crippen LogP contribution is -2.38. The van der Waals surface area contributed by atoms with Gasteiger partial charge in [-0.25, -0.2) is 0 Å². The van der Waals surface area contributed by atoms with Gasteiger partial charge in [-0.15, -0.1) is 0 Å². The minimum atomic E-state index is -0.404. The van der Waals surface area contributed by atoms with Gasteiger partial charge >= 0.3 is 0 Å². The lowest BCUT2D eigenvalue weighted by Gasteiger charge is -2.25. The molecule has 24 heavy (non-hydrogen) atoms. The summed E-state index contributed by atoms with van der Waals surface area (Å²) < 4.78 is 0. The van der Waals surface area contributed by atoms with E-state index in [9.17, 15) is 14.9 Å². The molecule has 0 spiro atoms. The highest BCUT2D eigenvalue weighted by Crippen LogP contribution is 2.27. The largest absolute Gasteiger partial charge is 0.338 e. The smallest absolute Gasteiger partial charge is 0.273 e. The summed E-state index contributed by atoms with van der Waals surface area (Å²) in [5.74, 6) is -0.109. The molecule has 1 rings (SSSR count). The van der Waals surface area contributed by atoms with Crippen LogP contribution in [0, 0.1) is 10.1 Å². The number of amides is 1. The average molecular weight is 335 g/mol. The predicted octanol–water partition coefficient (Wildman–Crippen LogP) is 3.52. The SMILES string of the molecule is CCN(CC)CCN(CC)C(=O)c1ccc(C(C)C)c([N+](=O)[O-])c1. The molecule has 6 nitrogen and oxygen atoms in total. The second-order valence-corrected chi connectivity index (χ2v) is 6.10. The van der Waals surface area contributed by atoms with Crippen molar-refractivity contribution in [1.29, 1.82) is 0 Å². The van der Waals surface area contributed by atoms with Crippen LogP contribution in [0.5, 0.6) is 0 Å². The van der Waals surface area contributed by atoms with Crippen molar-refractivity contribution < 1.29 is 9.72 Å². The maximum atomic E-state index is 12.7. The topological polar surface area (TPSA) is 66.7 Å². The zero-order valence-corrected chi connectivity index (χ0v) is 15.4. The summed E-state index contributed by atoms with van der Waals surface area (Å²) in [4.78, 5) is 27.6. The first kappa shape index (κ1) is 20.1. The Morgan fingerprint density at radius 1 is 1.12 bits per heavy atom. The maximum Gasteiger partial charge on any atom is 0.273 e. The van der Waals surface area contributed by atoms with Crippen molar-refractivity contribution in [2.75, 3.05) is 32.7 Å². The van der Waals surface area contributed by atoms with Crippen LogP contribution in [0.25, 0.3) is 0 Å². The molecular formula is C18H29N3O3. The fourth-order valence-corrected chi connectivity index (χ4v) is 2.71. The van der Waals surface area contributed by atoms with Crippen LogP contribution in [0.2, 0.25) is 0 Å². The molecule has 0 bridgehead atoms. The molecule has 0 aliphatic rings. The van der Waals surface area contributed by atoms with Crippen molar-refractivity contribution >= 4 is 11.6 Å². The van der Waals surface area contributed by atoms with Gasteiger partial charge in [-0.2, -0.15) is 0 Å². The van der Waals surface area contributed by atoms with Crippen LogP contribution in [0.1, 0.15) is 56.5 Å². The molecule has 1 amide bonds. The fourth-order valence-electron chi connectivity index (χ4n) is 2.71. The second-order valence-electron chi connectivity index (χ2n) is 6.10. The number of hydrogen-bond acceptors (Lipinski definition) is 4. The van der Waals surface area contributed by atoms with Crippen molar-refractivity contribution in [3.8, 4) is 0 Å². The van der Waals surface area contributed by atoms with Gasteiger partial charge in [0.15, 0.2) is 0 Å². The number of benzene rings is 1. The first-order valence-corrected chi connectivity index (χ1v) is 8.65. The summed E-state index contributed by atoms with van der Waals surface area (Å²) in [6.45, 7) is 13.8. The molecular weight excluding hydrogens is 306 g/mol. The Morgan fingerprint density at radius 2 is 1.75 bits per heavy atom. The normalized spacial score (nSPS) is 11.1. The quantitative estimate of drug-likeness (QED) is 0.511. The van der Waals surface area contributed by atoms with E-state index in [0.717, 1.165) is 19.6 Å². The van der Waals surface area contributed by atoms with E-state index in [0.29, 0.717) is 24.2 Å². The van der Waals surface area contributed by atoms with Gasteiger partial charge < -0.3 is 9.80 Å². The van der Waals surface area contributed by atoms with Gasteiger partial charge in [0.1, 0.15) is 0 Å². The van der Waals surface area contributed by atoms with E-state index < -0.39 is 4.92 Å². The van der Waals surface area contributed by atoms with Gasteiger partial charge in [-0.1, -0.05) is 33.8 Å². The molecule has 0 N–H and O–H groups in total. The van der Waals surface area contributed by atoms with Crippen molar-refractivity contribution in [3.05, 3.63) is 39.4 Å². The number of rotatable bonds is 9. The summed E-state index contributed by atoms with van der Waals surface area (Å²) in [5.41, 5.74) is 1.06. The number of likely N-dealkylation sites (N-methyl/N-ethyl adjacent to an activating group) is 2. The maximum absolute atomic E-state index is 12.7. The summed E-state index contributed by atoms with van der Waals surface area (Å²) in [7, 11) is 0. The Hall–Kier alpha value is -1.95. The number of carbonyl (C=O) groups is 1. The van der Waals surface area contributed by atoms with E-state index in [-0.39, 0.29) is 17.5 Å². The number of nitro benzene ring substituents is 1. The molecule has 0 heterocycles. The van der Waals surface area contributed by atoms with Crippen LogP contribution in [0.3, 0.4) is 0 Å². The Balaban J connectivity index is 2.99. The van der Waals surface area contributed by atoms with Crippen LogP contribution in [0.15, 0.2) is 18.2 Å². The van der Waals surface area contributed by atoms with Crippen molar-refractivity contribution in [1.82, 2.24) is 9.80 Å². The monoisotopic (exact) mass is 335 g/mol. The number of nitrogens with zero attached hydrogens (tertiary/aromatic N) is 3. The molecule has 0 saturated heterocycles. The van der Waals surface area contributed by atoms with E-state index >= 15 is 0 Å². The molecule has 0 radical (unpaired) electrons. The van der Waals surface area contributed by atoms with Crippen LogP contribution in [-0.2, 0) is 0 Å². The Bertz CT molecular complexity index is 569. The highest BCUT2D eigenvalue weighted by Gasteiger charge is 2.22. The Morgan fingerprint density at radius 3 is 2.21 bits per heavy atom. The standard InChI is InChI=1S/C18H29N3O3/c1-6-19(7-2)11-12-20(8-3)18(22)15-9-10-16(14(4)5)17(13-15)21(23)24/h9-10,13-14H,6-8,11-12H2,1-5H3. The summed E-state index contributed by atoms with van der Waals surface area (Å²) >= 11 is 0. The van der Waals surface area contributed by atoms with E-state index in [1.54, 1.807) is 17.0 Å². The first-order valence-electron chi connectivity index (χ1n) is 8.65. The molecule has 0 atom stereocenters. The zero-order chi connectivity index (χ0) is 18.3. The third-order valence-electron chi connectivity index (χ3n) is 4.35. The van der Waals surface area contributed by atoms with Gasteiger partial charge in [0.05, 0.1) is 4.92 Å². The highest BCUT2D eigenvalue weighted by molar-refractivity contribution is 5.95. The van der Waals surface area contributed by atoms with Crippen LogP contribution >= 0.6 is 0 Å². The van der Waals surface area contributed by atoms with E-state index in [1.807, 2.05) is 20.8 Å². The van der Waals surface area contributed by atoms with Gasteiger partial charge in [0.25, 0.3) is 11.6 Å². The lowest BCUT2D eigenvalue weighted by atomic mass is 9.99. The molecule has 1 aromatic rings. The molecule has 0 saturated carbocycles. The summed E-state index contributed by atoms with van der Waals surface area (Å²) in [5, 5.41) is 11.3. The second kappa shape index (κ2) is 9.37. The molecule has 0 aliphatic heterocycles. The molecule has 134 valence electrons. The van der Waals surface area contributed by atoms with Crippen LogP contribution in [0.4, 0.5) is 5.69 Å². The third-order valence-corrected chi connectivity index (χ3v) is 4.35. The minimum Gasteiger partial charge on any atom is -0.338 e. The van der Waals surface area contributed by atoms with E-state index in [2.05, 4.69) is 18.7 Å². The predicted molar refractivity (Wildman–Crippen MR) is 96.6 cm³/mol. The molecule has 1 aromatic carbocycles. The highest BCUT2D eigenvalue weighted by atomic mass is 16.6. The van der Waals surface area contributed by atoms with Crippen molar-refractivity contribution in [2.45, 2.75) is 40.5 Å². The molecule has 0 unspecified atom stereocenters. The Labute approximate surface area is 144 Å². The van der Waals surface area contributed by atoms with Gasteiger partial charge in [0.2, 0.25) is 0 Å². The summed E-state index contributed by atoms with van der Waals surface area (Å²) in [6.07, 6.45) is 0. The lowest BCUT2D eigenvalue weighted by molar-refractivity contribution is -0.385. The molecule has 0 aliphatic carbocycles. The number of hydrogen-bond donors (Lipinski definition) is 0. The number of nitro groups is 1. The van der Waals surface area contributed by atoms with Crippen molar-refractivity contribution in [3.63, 3.8) is 0 Å². The molecule has 0 fully saturated rings. The fraction of sp³-hybridized carbons (Fsp3) is 0.611. The third kappa shape index (κ3) is 5.03. The first-order chi connectivity index (χ1) is 11.3. The Kier molecular flexibility index (Phi) is 7.85. The minimum absolute atomic E-state index is 0.0237. The number of carbonyl (C=O) groups excluding carboxylic acids is 1. The van der Waals surface area contributed by atoms with E-state index in [4.69, 9.17) is 0 Å². The van der Waals surface area contributed by atoms with Gasteiger partial charge in [-0.3, -0.25) is 14.9 Å². The summed E-state index contributed by atoms with van der Waals surface area (Å²) in [6, 6.07) is 4.82. The van der Waals surface area contributed by atoms with Gasteiger partial charge in [0, 0.05) is 36.8 Å². The van der Waals surface area contributed by atoms with Gasteiger partial charge in [-0.05, 0) is 32.0 Å². The zero-order valence-electron chi connectivity index (χ0n) is 15.4. The van der Waals surface area contributed by atoms with Crippen LogP contribution < -0.4 is 0 Å². The van der Waals surface area contributed by atoms with E-state index in [1.165, 1.54) is 6.07 Å². The average Bonchev–Trinajstić information content (AvgIpc) is 2.57. The molecule has 0 aromatic heterocycles. The molecule has 6 heteroatoms.